The number of hydrogen-bond donors (Lipinski definition) is 1. The minimum absolute atomic E-state index is 0.336. The van der Waals surface area contributed by atoms with Crippen LogP contribution in [0.1, 0.15) is 17.4 Å². The number of benzene rings is 1. The summed E-state index contributed by atoms with van der Waals surface area (Å²) in [4.78, 5) is 14.0. The van der Waals surface area contributed by atoms with E-state index in [2.05, 4.69) is 34.7 Å². The van der Waals surface area contributed by atoms with E-state index in [1.54, 1.807) is 47.7 Å². The molecule has 1 atom stereocenters. The Kier molecular flexibility index (Phi) is 7.35. The van der Waals surface area contributed by atoms with Crippen LogP contribution < -0.4 is 0 Å². The molecule has 0 aliphatic rings. The van der Waals surface area contributed by atoms with Crippen LogP contribution in [-0.2, 0) is 11.5 Å². The molecule has 1 unspecified atom stereocenters. The first kappa shape index (κ1) is 23.7. The van der Waals surface area contributed by atoms with Gasteiger partial charge in [-0.1, -0.05) is 43.4 Å². The summed E-state index contributed by atoms with van der Waals surface area (Å²) in [5.41, 5.74) is 2.12. The smallest absolute Gasteiger partial charge is 0.193 e. The van der Waals surface area contributed by atoms with Crippen molar-refractivity contribution in [2.24, 2.45) is 0 Å². The molecule has 10 heteroatoms. The Morgan fingerprint density at radius 2 is 1.85 bits per heavy atom. The van der Waals surface area contributed by atoms with Gasteiger partial charge in [0.2, 0.25) is 0 Å². The highest BCUT2D eigenvalue weighted by Gasteiger charge is 2.24. The lowest BCUT2D eigenvalue weighted by atomic mass is 10.1. The van der Waals surface area contributed by atoms with Gasteiger partial charge >= 0.3 is 0 Å². The van der Waals surface area contributed by atoms with E-state index >= 15 is 0 Å². The highest BCUT2D eigenvalue weighted by Crippen LogP contribution is 2.38. The van der Waals surface area contributed by atoms with E-state index in [0.29, 0.717) is 40.3 Å². The Hall–Kier alpha value is -2.43. The molecule has 33 heavy (non-hydrogen) atoms. The largest absolute Gasteiger partial charge is 0.382 e. The van der Waals surface area contributed by atoms with Crippen LogP contribution in [0.4, 0.5) is 0 Å². The molecule has 1 N–H and O–H groups in total. The number of aromatic nitrogens is 5. The van der Waals surface area contributed by atoms with Gasteiger partial charge in [-0.3, -0.25) is 4.98 Å². The number of nitrogens with zero attached hydrogens (tertiary/aromatic N) is 5. The Labute approximate surface area is 203 Å². The number of pyridine rings is 1. The van der Waals surface area contributed by atoms with Crippen molar-refractivity contribution in [2.45, 2.75) is 38.5 Å². The molecule has 0 saturated carbocycles. The summed E-state index contributed by atoms with van der Waals surface area (Å²) in [7, 11) is -1.15. The molecule has 0 bridgehead atoms. The predicted molar refractivity (Wildman–Crippen MR) is 134 cm³/mol. The fraction of sp³-hybridized carbons (Fsp3) is 0.304. The van der Waals surface area contributed by atoms with Gasteiger partial charge in [0, 0.05) is 37.7 Å². The Bertz CT molecular complexity index is 1190. The molecule has 7 nitrogen and oxygen atoms in total. The summed E-state index contributed by atoms with van der Waals surface area (Å²) in [5.74, 6) is 0.504. The van der Waals surface area contributed by atoms with Crippen molar-refractivity contribution in [1.82, 2.24) is 24.7 Å². The lowest BCUT2D eigenvalue weighted by Crippen LogP contribution is -2.22. The maximum atomic E-state index is 11.1. The first-order valence-electron chi connectivity index (χ1n) is 10.6. The zero-order valence-corrected chi connectivity index (χ0v) is 21.3. The molecule has 172 valence electrons. The molecule has 0 aliphatic heterocycles. The van der Waals surface area contributed by atoms with Gasteiger partial charge in [-0.05, 0) is 35.9 Å². The van der Waals surface area contributed by atoms with Crippen molar-refractivity contribution in [2.75, 3.05) is 6.61 Å². The lowest BCUT2D eigenvalue weighted by Gasteiger charge is -2.15. The summed E-state index contributed by atoms with van der Waals surface area (Å²) in [6.07, 6.45) is 4.14. The summed E-state index contributed by atoms with van der Waals surface area (Å²) in [5, 5.41) is 17.1. The second-order valence-corrected chi connectivity index (χ2v) is 15.9. The molecule has 4 rings (SSSR count). The van der Waals surface area contributed by atoms with Crippen LogP contribution in [0.2, 0.25) is 30.7 Å². The zero-order valence-electron chi connectivity index (χ0n) is 18.8. The van der Waals surface area contributed by atoms with E-state index in [4.69, 9.17) is 21.3 Å². The number of halogens is 1. The molecule has 1 aromatic carbocycles. The minimum atomic E-state index is -1.15. The van der Waals surface area contributed by atoms with Gasteiger partial charge in [-0.25, -0.2) is 14.6 Å². The normalized spacial score (nSPS) is 12.8. The molecule has 0 amide bonds. The molecule has 0 spiro atoms. The molecule has 0 aliphatic carbocycles. The van der Waals surface area contributed by atoms with Crippen LogP contribution >= 0.6 is 22.9 Å². The molecule has 0 saturated heterocycles. The molecule has 3 aromatic heterocycles. The van der Waals surface area contributed by atoms with E-state index in [1.807, 2.05) is 12.1 Å². The number of thiazole rings is 1. The van der Waals surface area contributed by atoms with E-state index < -0.39 is 14.2 Å². The predicted octanol–water partition coefficient (Wildman–Crippen LogP) is 5.51. The van der Waals surface area contributed by atoms with Gasteiger partial charge in [0.15, 0.2) is 5.82 Å². The Morgan fingerprint density at radius 3 is 2.55 bits per heavy atom. The lowest BCUT2D eigenvalue weighted by molar-refractivity contribution is 0.0785. The van der Waals surface area contributed by atoms with Crippen molar-refractivity contribution in [3.63, 3.8) is 0 Å². The summed E-state index contributed by atoms with van der Waals surface area (Å²) in [6.45, 7) is 8.01. The molecule has 4 aromatic rings. The van der Waals surface area contributed by atoms with E-state index in [0.717, 1.165) is 16.6 Å². The monoisotopic (exact) mass is 499 g/mol. The fourth-order valence-electron chi connectivity index (χ4n) is 3.10. The maximum absolute atomic E-state index is 11.1. The molecular formula is C23H26ClN5O2SSi. The fourth-order valence-corrected chi connectivity index (χ4v) is 5.02. The maximum Gasteiger partial charge on any atom is 0.193 e. The Morgan fingerprint density at radius 1 is 1.12 bits per heavy atom. The van der Waals surface area contributed by atoms with Crippen molar-refractivity contribution >= 4 is 31.0 Å². The van der Waals surface area contributed by atoms with Crippen LogP contribution in [0, 0.1) is 0 Å². The first-order valence-corrected chi connectivity index (χ1v) is 15.5. The van der Waals surface area contributed by atoms with Gasteiger partial charge in [0.25, 0.3) is 0 Å². The van der Waals surface area contributed by atoms with Crippen LogP contribution in [0.15, 0.2) is 55.1 Å². The highest BCUT2D eigenvalue weighted by atomic mass is 35.5. The first-order chi connectivity index (χ1) is 15.8. The van der Waals surface area contributed by atoms with E-state index in [1.165, 1.54) is 11.3 Å². The van der Waals surface area contributed by atoms with E-state index in [-0.39, 0.29) is 0 Å². The van der Waals surface area contributed by atoms with Gasteiger partial charge in [0.05, 0.1) is 5.69 Å². The standard InChI is InChI=1S/C23H26ClN5O2SSi/c1-33(2,3)13-12-31-15-29-14-26-22(28-29)21-19(20(30)16-4-6-18(24)7-5-16)27-23(32-21)17-8-10-25-11-9-17/h4-11,14,20,30H,12-13,15H2,1-3H3. The quantitative estimate of drug-likeness (QED) is 0.241. The average molecular weight is 500 g/mol. The van der Waals surface area contributed by atoms with Crippen molar-refractivity contribution in [3.8, 4) is 21.3 Å². The van der Waals surface area contributed by atoms with Gasteiger partial charge in [0.1, 0.15) is 29.0 Å². The number of hydrogen-bond acceptors (Lipinski definition) is 7. The molecule has 0 fully saturated rings. The molecule has 3 heterocycles. The molecule has 0 radical (unpaired) electrons. The zero-order chi connectivity index (χ0) is 23.4. The molecular weight excluding hydrogens is 474 g/mol. The third-order valence-corrected chi connectivity index (χ3v) is 8.06. The second-order valence-electron chi connectivity index (χ2n) is 8.88. The summed E-state index contributed by atoms with van der Waals surface area (Å²) < 4.78 is 7.46. The number of aliphatic hydroxyl groups is 1. The highest BCUT2D eigenvalue weighted by molar-refractivity contribution is 7.18. The van der Waals surface area contributed by atoms with Crippen molar-refractivity contribution in [1.29, 1.82) is 0 Å². The number of ether oxygens (including phenoxy) is 1. The third-order valence-electron chi connectivity index (χ3n) is 4.98. The van der Waals surface area contributed by atoms with Gasteiger partial charge in [-0.2, -0.15) is 0 Å². The summed E-state index contributed by atoms with van der Waals surface area (Å²) >= 11 is 7.46. The number of rotatable bonds is 9. The van der Waals surface area contributed by atoms with Crippen LogP contribution in [-0.4, -0.2) is 44.5 Å². The minimum Gasteiger partial charge on any atom is -0.382 e. The second kappa shape index (κ2) is 10.2. The topological polar surface area (TPSA) is 86.0 Å². The third kappa shape index (κ3) is 6.13. The van der Waals surface area contributed by atoms with Crippen LogP contribution in [0.25, 0.3) is 21.3 Å². The van der Waals surface area contributed by atoms with Crippen molar-refractivity contribution in [3.05, 3.63) is 71.4 Å². The Balaban J connectivity index is 1.62. The average Bonchev–Trinajstić information content (AvgIpc) is 3.44. The summed E-state index contributed by atoms with van der Waals surface area (Å²) in [6, 6.07) is 12.0. The SMILES string of the molecule is C[Si](C)(C)CCOCn1cnc(-c2sc(-c3ccncc3)nc2C(O)c2ccc(Cl)cc2)n1. The number of aliphatic hydroxyl groups excluding tert-OH is 1. The van der Waals surface area contributed by atoms with Gasteiger partial charge in [-0.15, -0.1) is 16.4 Å². The van der Waals surface area contributed by atoms with Crippen LogP contribution in [0.5, 0.6) is 0 Å². The van der Waals surface area contributed by atoms with Gasteiger partial charge < -0.3 is 9.84 Å². The van der Waals surface area contributed by atoms with E-state index in [9.17, 15) is 5.11 Å². The van der Waals surface area contributed by atoms with Crippen molar-refractivity contribution < 1.29 is 9.84 Å². The van der Waals surface area contributed by atoms with Crippen LogP contribution in [0.3, 0.4) is 0 Å².